The summed E-state index contributed by atoms with van der Waals surface area (Å²) in [6.07, 6.45) is 0. The number of hydrogen-bond donors (Lipinski definition) is 1. The second-order valence-corrected chi connectivity index (χ2v) is 7.49. The molecule has 0 bridgehead atoms. The Hall–Kier alpha value is -2.36. The summed E-state index contributed by atoms with van der Waals surface area (Å²) in [6.45, 7) is 2.69. The minimum Gasteiger partial charge on any atom is -0.492 e. The number of thioether (sulfide) groups is 1. The van der Waals surface area contributed by atoms with Gasteiger partial charge >= 0.3 is 6.03 Å². The van der Waals surface area contributed by atoms with Crippen LogP contribution in [0.3, 0.4) is 0 Å². The number of likely N-dealkylation sites (N-methyl/N-ethyl adjacent to an activating group) is 1. The molecule has 1 unspecified atom stereocenters. The molecule has 27 heavy (non-hydrogen) atoms. The van der Waals surface area contributed by atoms with E-state index >= 15 is 0 Å². The Morgan fingerprint density at radius 1 is 1.30 bits per heavy atom. The molecule has 142 valence electrons. The lowest BCUT2D eigenvalue weighted by atomic mass is 10.3. The highest BCUT2D eigenvalue weighted by atomic mass is 35.5. The number of amides is 2. The van der Waals surface area contributed by atoms with Gasteiger partial charge in [-0.25, -0.2) is 4.79 Å². The van der Waals surface area contributed by atoms with Crippen LogP contribution >= 0.6 is 23.4 Å². The van der Waals surface area contributed by atoms with Crippen LogP contribution in [-0.2, 0) is 0 Å². The van der Waals surface area contributed by atoms with Crippen molar-refractivity contribution in [1.29, 1.82) is 5.26 Å². The Bertz CT molecular complexity index is 793. The summed E-state index contributed by atoms with van der Waals surface area (Å²) in [7, 11) is 1.72. The fourth-order valence-electron chi connectivity index (χ4n) is 2.09. The first-order valence-electron chi connectivity index (χ1n) is 8.51. The summed E-state index contributed by atoms with van der Waals surface area (Å²) >= 11 is 7.40. The molecule has 0 spiro atoms. The minimum atomic E-state index is -0.212. The first-order chi connectivity index (χ1) is 13.0. The van der Waals surface area contributed by atoms with E-state index < -0.39 is 0 Å². The largest absolute Gasteiger partial charge is 0.492 e. The van der Waals surface area contributed by atoms with Gasteiger partial charge in [0.15, 0.2) is 0 Å². The van der Waals surface area contributed by atoms with Gasteiger partial charge in [0.2, 0.25) is 0 Å². The maximum atomic E-state index is 12.4. The highest BCUT2D eigenvalue weighted by Gasteiger charge is 2.12. The van der Waals surface area contributed by atoms with E-state index in [1.165, 1.54) is 0 Å². The standard InChI is InChI=1S/C20H22ClN3O2S/c1-15(13-22)14-27-19-6-4-3-5-18(19)23-20(25)24(2)11-12-26-17-9-7-16(21)8-10-17/h3-10,15H,11-12,14H2,1-2H3,(H,23,25). The first kappa shape index (κ1) is 20.9. The predicted molar refractivity (Wildman–Crippen MR) is 111 cm³/mol. The molecule has 0 aliphatic rings. The Labute approximate surface area is 169 Å². The monoisotopic (exact) mass is 403 g/mol. The zero-order chi connectivity index (χ0) is 19.6. The highest BCUT2D eigenvalue weighted by molar-refractivity contribution is 7.99. The summed E-state index contributed by atoms with van der Waals surface area (Å²) in [5.74, 6) is 1.33. The van der Waals surface area contributed by atoms with Crippen molar-refractivity contribution in [2.75, 3.05) is 31.3 Å². The third-order valence-corrected chi connectivity index (χ3v) is 5.28. The number of carbonyl (C=O) groups is 1. The molecule has 2 aromatic rings. The Morgan fingerprint density at radius 3 is 2.70 bits per heavy atom. The average Bonchev–Trinajstić information content (AvgIpc) is 2.68. The molecule has 0 fully saturated rings. The van der Waals surface area contributed by atoms with Crippen molar-refractivity contribution in [2.24, 2.45) is 5.92 Å². The maximum absolute atomic E-state index is 12.4. The zero-order valence-electron chi connectivity index (χ0n) is 15.3. The maximum Gasteiger partial charge on any atom is 0.321 e. The van der Waals surface area contributed by atoms with E-state index in [1.54, 1.807) is 48.0 Å². The molecule has 2 aromatic carbocycles. The number of anilines is 1. The van der Waals surface area contributed by atoms with Crippen molar-refractivity contribution in [3.8, 4) is 11.8 Å². The fraction of sp³-hybridized carbons (Fsp3) is 0.300. The number of nitrogens with one attached hydrogen (secondary N) is 1. The van der Waals surface area contributed by atoms with Crippen molar-refractivity contribution < 1.29 is 9.53 Å². The number of halogens is 1. The summed E-state index contributed by atoms with van der Waals surface area (Å²) in [5, 5.41) is 12.5. The molecule has 7 heteroatoms. The molecule has 2 amide bonds. The van der Waals surface area contributed by atoms with E-state index in [0.29, 0.717) is 29.7 Å². The third kappa shape index (κ3) is 7.05. The topological polar surface area (TPSA) is 65.4 Å². The van der Waals surface area contributed by atoms with E-state index in [0.717, 1.165) is 10.6 Å². The number of carbonyl (C=O) groups excluding carboxylic acids is 1. The van der Waals surface area contributed by atoms with Gasteiger partial charge in [0, 0.05) is 22.7 Å². The third-order valence-electron chi connectivity index (χ3n) is 3.69. The van der Waals surface area contributed by atoms with Crippen LogP contribution in [0.25, 0.3) is 0 Å². The second kappa shape index (κ2) is 10.7. The predicted octanol–water partition coefficient (Wildman–Crippen LogP) is 5.13. The van der Waals surface area contributed by atoms with Crippen LogP contribution in [0.1, 0.15) is 6.92 Å². The minimum absolute atomic E-state index is 0.0496. The van der Waals surface area contributed by atoms with Crippen molar-refractivity contribution in [1.82, 2.24) is 4.90 Å². The van der Waals surface area contributed by atoms with Crippen LogP contribution in [0.2, 0.25) is 5.02 Å². The smallest absolute Gasteiger partial charge is 0.321 e. The highest BCUT2D eigenvalue weighted by Crippen LogP contribution is 2.28. The van der Waals surface area contributed by atoms with Gasteiger partial charge in [-0.3, -0.25) is 0 Å². The number of rotatable bonds is 8. The molecule has 0 aromatic heterocycles. The molecule has 0 saturated heterocycles. The van der Waals surface area contributed by atoms with Crippen LogP contribution in [0.15, 0.2) is 53.4 Å². The van der Waals surface area contributed by atoms with Crippen molar-refractivity contribution in [3.05, 3.63) is 53.6 Å². The molecule has 0 aliphatic carbocycles. The summed E-state index contributed by atoms with van der Waals surface area (Å²) in [6, 6.07) is 16.7. The Morgan fingerprint density at radius 2 is 2.00 bits per heavy atom. The number of urea groups is 1. The number of benzene rings is 2. The van der Waals surface area contributed by atoms with E-state index in [9.17, 15) is 4.79 Å². The lowest BCUT2D eigenvalue weighted by Crippen LogP contribution is -2.34. The normalized spacial score (nSPS) is 11.3. The zero-order valence-corrected chi connectivity index (χ0v) is 16.9. The molecule has 5 nitrogen and oxygen atoms in total. The molecule has 0 aliphatic heterocycles. The molecular weight excluding hydrogens is 382 g/mol. The lowest BCUT2D eigenvalue weighted by molar-refractivity contribution is 0.207. The molecule has 1 atom stereocenters. The lowest BCUT2D eigenvalue weighted by Gasteiger charge is -2.19. The van der Waals surface area contributed by atoms with E-state index in [1.807, 2.05) is 31.2 Å². The summed E-state index contributed by atoms with van der Waals surface area (Å²) in [5.41, 5.74) is 0.739. The van der Waals surface area contributed by atoms with E-state index in [4.69, 9.17) is 21.6 Å². The number of hydrogen-bond acceptors (Lipinski definition) is 4. The average molecular weight is 404 g/mol. The van der Waals surface area contributed by atoms with Crippen LogP contribution in [-0.4, -0.2) is 36.9 Å². The van der Waals surface area contributed by atoms with Gasteiger partial charge in [-0.05, 0) is 43.3 Å². The number of nitriles is 1. The number of ether oxygens (including phenoxy) is 1. The van der Waals surface area contributed by atoms with Crippen molar-refractivity contribution in [3.63, 3.8) is 0 Å². The van der Waals surface area contributed by atoms with Gasteiger partial charge in [-0.1, -0.05) is 23.7 Å². The van der Waals surface area contributed by atoms with Gasteiger partial charge in [0.25, 0.3) is 0 Å². The molecule has 0 radical (unpaired) electrons. The molecule has 2 rings (SSSR count). The van der Waals surface area contributed by atoms with E-state index in [-0.39, 0.29) is 11.9 Å². The molecule has 0 heterocycles. The van der Waals surface area contributed by atoms with Crippen molar-refractivity contribution >= 4 is 35.1 Å². The van der Waals surface area contributed by atoms with Gasteiger partial charge in [-0.2, -0.15) is 5.26 Å². The van der Waals surface area contributed by atoms with Gasteiger partial charge in [0.05, 0.1) is 24.2 Å². The van der Waals surface area contributed by atoms with Crippen LogP contribution in [0.4, 0.5) is 10.5 Å². The van der Waals surface area contributed by atoms with Crippen molar-refractivity contribution in [2.45, 2.75) is 11.8 Å². The van der Waals surface area contributed by atoms with Gasteiger partial charge in [-0.15, -0.1) is 11.8 Å². The summed E-state index contributed by atoms with van der Waals surface area (Å²) in [4.78, 5) is 14.9. The van der Waals surface area contributed by atoms with Gasteiger partial charge in [0.1, 0.15) is 12.4 Å². The number of para-hydroxylation sites is 1. The quantitative estimate of drug-likeness (QED) is 0.620. The molecule has 1 N–H and O–H groups in total. The fourth-order valence-corrected chi connectivity index (χ4v) is 3.17. The van der Waals surface area contributed by atoms with E-state index in [2.05, 4.69) is 11.4 Å². The second-order valence-electron chi connectivity index (χ2n) is 5.99. The van der Waals surface area contributed by atoms with Crippen LogP contribution in [0.5, 0.6) is 5.75 Å². The van der Waals surface area contributed by atoms with Crippen LogP contribution in [0, 0.1) is 17.2 Å². The summed E-state index contributed by atoms with van der Waals surface area (Å²) < 4.78 is 5.62. The SMILES string of the molecule is CC(C#N)CSc1ccccc1NC(=O)N(C)CCOc1ccc(Cl)cc1. The molecular formula is C20H22ClN3O2S. The Kier molecular flexibility index (Phi) is 8.31. The Balaban J connectivity index is 1.85. The number of nitrogens with zero attached hydrogens (tertiary/aromatic N) is 2. The first-order valence-corrected chi connectivity index (χ1v) is 9.88. The molecule has 0 saturated carbocycles. The van der Waals surface area contributed by atoms with Gasteiger partial charge < -0.3 is 15.0 Å². The van der Waals surface area contributed by atoms with Crippen LogP contribution < -0.4 is 10.1 Å².